The van der Waals surface area contributed by atoms with Gasteiger partial charge in [0.15, 0.2) is 0 Å². The standard InChI is InChI=1S/C32H41NO3/c1-31(2,24-35)25-16-18-29(19-17-25)33-21-20-28(23-30(33)15-9-10-22-34)32(36,26-11-5-3-6-12-26)27-13-7-4-8-14-27/h3-8,11-14,16-19,28,30,34-36H,9-10,15,20-24H2,1-2H3. The fourth-order valence-corrected chi connectivity index (χ4v) is 5.75. The minimum atomic E-state index is -1.06. The van der Waals surface area contributed by atoms with Gasteiger partial charge in [0.05, 0.1) is 6.61 Å². The quantitative estimate of drug-likeness (QED) is 0.324. The van der Waals surface area contributed by atoms with Crippen LogP contribution in [0.5, 0.6) is 0 Å². The van der Waals surface area contributed by atoms with E-state index in [2.05, 4.69) is 43.0 Å². The van der Waals surface area contributed by atoms with E-state index in [-0.39, 0.29) is 30.6 Å². The Bertz CT molecular complexity index is 1030. The van der Waals surface area contributed by atoms with Crippen molar-refractivity contribution in [3.05, 3.63) is 102 Å². The average molecular weight is 488 g/mol. The van der Waals surface area contributed by atoms with Crippen LogP contribution in [0, 0.1) is 5.92 Å². The summed E-state index contributed by atoms with van der Waals surface area (Å²) in [4.78, 5) is 2.49. The molecule has 1 aliphatic heterocycles. The normalized spacial score (nSPS) is 18.9. The van der Waals surface area contributed by atoms with Crippen LogP contribution in [0.15, 0.2) is 84.9 Å². The summed E-state index contributed by atoms with van der Waals surface area (Å²) in [6.45, 7) is 5.29. The molecule has 0 aliphatic carbocycles. The van der Waals surface area contributed by atoms with Crippen molar-refractivity contribution in [1.29, 1.82) is 0 Å². The van der Waals surface area contributed by atoms with Gasteiger partial charge in [0.2, 0.25) is 0 Å². The van der Waals surface area contributed by atoms with E-state index in [0.29, 0.717) is 0 Å². The van der Waals surface area contributed by atoms with E-state index in [0.717, 1.165) is 55.3 Å². The lowest BCUT2D eigenvalue weighted by Crippen LogP contribution is -2.49. The first-order chi connectivity index (χ1) is 17.4. The maximum Gasteiger partial charge on any atom is 0.118 e. The van der Waals surface area contributed by atoms with Gasteiger partial charge in [-0.15, -0.1) is 0 Å². The predicted octanol–water partition coefficient (Wildman–Crippen LogP) is 5.64. The molecule has 0 saturated carbocycles. The maximum atomic E-state index is 12.4. The van der Waals surface area contributed by atoms with Gasteiger partial charge in [0.1, 0.15) is 5.60 Å². The molecule has 1 saturated heterocycles. The van der Waals surface area contributed by atoms with E-state index < -0.39 is 5.60 Å². The highest BCUT2D eigenvalue weighted by Gasteiger charge is 2.44. The van der Waals surface area contributed by atoms with Crippen LogP contribution in [0.2, 0.25) is 0 Å². The van der Waals surface area contributed by atoms with Crippen molar-refractivity contribution in [3.8, 4) is 0 Å². The number of piperidine rings is 1. The monoisotopic (exact) mass is 487 g/mol. The Morgan fingerprint density at radius 2 is 1.36 bits per heavy atom. The van der Waals surface area contributed by atoms with Gasteiger partial charge < -0.3 is 20.2 Å². The summed E-state index contributed by atoms with van der Waals surface area (Å²) < 4.78 is 0. The third-order valence-electron chi connectivity index (χ3n) is 8.06. The molecule has 4 heteroatoms. The van der Waals surface area contributed by atoms with E-state index in [1.54, 1.807) is 0 Å². The van der Waals surface area contributed by atoms with Crippen LogP contribution in [0.1, 0.15) is 62.6 Å². The molecule has 1 aliphatic rings. The molecule has 2 unspecified atom stereocenters. The van der Waals surface area contributed by atoms with Gasteiger partial charge in [-0.05, 0) is 66.8 Å². The molecule has 0 radical (unpaired) electrons. The van der Waals surface area contributed by atoms with Crippen molar-refractivity contribution < 1.29 is 15.3 Å². The third kappa shape index (κ3) is 5.51. The number of anilines is 1. The van der Waals surface area contributed by atoms with E-state index in [9.17, 15) is 15.3 Å². The molecule has 4 rings (SSSR count). The molecular weight excluding hydrogens is 446 g/mol. The smallest absolute Gasteiger partial charge is 0.118 e. The second-order valence-corrected chi connectivity index (χ2v) is 10.9. The summed E-state index contributed by atoms with van der Waals surface area (Å²) in [6.07, 6.45) is 4.46. The zero-order valence-corrected chi connectivity index (χ0v) is 21.7. The number of rotatable bonds is 10. The Morgan fingerprint density at radius 1 is 0.778 bits per heavy atom. The lowest BCUT2D eigenvalue weighted by Gasteiger charge is -2.47. The number of unbranched alkanes of at least 4 members (excludes halogenated alkanes) is 1. The number of hydrogen-bond acceptors (Lipinski definition) is 4. The van der Waals surface area contributed by atoms with Gasteiger partial charge in [-0.3, -0.25) is 0 Å². The van der Waals surface area contributed by atoms with Crippen LogP contribution in [0.3, 0.4) is 0 Å². The zero-order chi connectivity index (χ0) is 25.6. The number of hydrogen-bond donors (Lipinski definition) is 3. The third-order valence-corrected chi connectivity index (χ3v) is 8.06. The molecule has 2 atom stereocenters. The number of aliphatic hydroxyl groups is 3. The van der Waals surface area contributed by atoms with Crippen LogP contribution in [-0.4, -0.2) is 41.1 Å². The lowest BCUT2D eigenvalue weighted by molar-refractivity contribution is -0.00157. The fourth-order valence-electron chi connectivity index (χ4n) is 5.75. The van der Waals surface area contributed by atoms with Crippen molar-refractivity contribution >= 4 is 5.69 Å². The highest BCUT2D eigenvalue weighted by Crippen LogP contribution is 2.45. The minimum Gasteiger partial charge on any atom is -0.396 e. The topological polar surface area (TPSA) is 63.9 Å². The molecule has 0 bridgehead atoms. The van der Waals surface area contributed by atoms with Crippen LogP contribution >= 0.6 is 0 Å². The highest BCUT2D eigenvalue weighted by atomic mass is 16.3. The van der Waals surface area contributed by atoms with Crippen molar-refractivity contribution in [2.75, 3.05) is 24.7 Å². The van der Waals surface area contributed by atoms with Gasteiger partial charge in [-0.25, -0.2) is 0 Å². The molecule has 36 heavy (non-hydrogen) atoms. The van der Waals surface area contributed by atoms with Crippen molar-refractivity contribution in [2.24, 2.45) is 5.92 Å². The van der Waals surface area contributed by atoms with Crippen LogP contribution < -0.4 is 4.90 Å². The van der Waals surface area contributed by atoms with Gasteiger partial charge in [-0.2, -0.15) is 0 Å². The van der Waals surface area contributed by atoms with Gasteiger partial charge in [-0.1, -0.05) is 86.6 Å². The molecule has 1 fully saturated rings. The summed E-state index contributed by atoms with van der Waals surface area (Å²) in [5.74, 6) is 0.0743. The van der Waals surface area contributed by atoms with E-state index in [4.69, 9.17) is 0 Å². The second kappa shape index (κ2) is 11.6. The molecule has 1 heterocycles. The Morgan fingerprint density at radius 3 is 1.89 bits per heavy atom. The van der Waals surface area contributed by atoms with Crippen LogP contribution in [-0.2, 0) is 11.0 Å². The maximum absolute atomic E-state index is 12.4. The van der Waals surface area contributed by atoms with Crippen LogP contribution in [0.4, 0.5) is 5.69 Å². The first kappa shape index (κ1) is 26.4. The van der Waals surface area contributed by atoms with E-state index in [1.165, 1.54) is 5.69 Å². The van der Waals surface area contributed by atoms with Crippen molar-refractivity contribution in [1.82, 2.24) is 0 Å². The molecule has 0 aromatic heterocycles. The van der Waals surface area contributed by atoms with E-state index in [1.807, 2.05) is 60.7 Å². The predicted molar refractivity (Wildman–Crippen MR) is 147 cm³/mol. The first-order valence-electron chi connectivity index (χ1n) is 13.3. The molecule has 0 spiro atoms. The average Bonchev–Trinajstić information content (AvgIpc) is 2.93. The number of aliphatic hydroxyl groups excluding tert-OH is 2. The number of benzene rings is 3. The molecule has 0 amide bonds. The molecule has 192 valence electrons. The first-order valence-corrected chi connectivity index (χ1v) is 13.3. The Labute approximate surface area is 216 Å². The second-order valence-electron chi connectivity index (χ2n) is 10.9. The van der Waals surface area contributed by atoms with Gasteiger partial charge in [0, 0.05) is 30.3 Å². The van der Waals surface area contributed by atoms with Gasteiger partial charge in [0.25, 0.3) is 0 Å². The summed E-state index contributed by atoms with van der Waals surface area (Å²) in [5, 5.41) is 31.6. The lowest BCUT2D eigenvalue weighted by atomic mass is 9.70. The van der Waals surface area contributed by atoms with E-state index >= 15 is 0 Å². The Kier molecular flexibility index (Phi) is 8.50. The Balaban J connectivity index is 1.64. The SMILES string of the molecule is CC(C)(CO)c1ccc(N2CCC(C(O)(c3ccccc3)c3ccccc3)CC2CCCCO)cc1. The summed E-state index contributed by atoms with van der Waals surface area (Å²) in [7, 11) is 0. The Hall–Kier alpha value is -2.66. The molecule has 4 nitrogen and oxygen atoms in total. The van der Waals surface area contributed by atoms with Crippen molar-refractivity contribution in [3.63, 3.8) is 0 Å². The minimum absolute atomic E-state index is 0.0743. The zero-order valence-electron chi connectivity index (χ0n) is 21.7. The fraction of sp³-hybridized carbons (Fsp3) is 0.438. The highest BCUT2D eigenvalue weighted by molar-refractivity contribution is 5.50. The molecule has 3 N–H and O–H groups in total. The number of nitrogens with zero attached hydrogens (tertiary/aromatic N) is 1. The molecular formula is C32H41NO3. The largest absolute Gasteiger partial charge is 0.396 e. The van der Waals surface area contributed by atoms with Crippen LogP contribution in [0.25, 0.3) is 0 Å². The summed E-state index contributed by atoms with van der Waals surface area (Å²) in [6, 6.07) is 29.1. The summed E-state index contributed by atoms with van der Waals surface area (Å²) >= 11 is 0. The molecule has 3 aromatic rings. The van der Waals surface area contributed by atoms with Gasteiger partial charge >= 0.3 is 0 Å². The van der Waals surface area contributed by atoms with Crippen molar-refractivity contribution in [2.45, 2.75) is 63.0 Å². The summed E-state index contributed by atoms with van der Waals surface area (Å²) in [5.41, 5.74) is 2.87. The molecule has 3 aromatic carbocycles.